The molecule has 0 radical (unpaired) electrons. The Hall–Kier alpha value is -2.04. The average Bonchev–Trinajstić information content (AvgIpc) is 2.65. The van der Waals surface area contributed by atoms with Gasteiger partial charge >= 0.3 is 0 Å². The van der Waals surface area contributed by atoms with Crippen LogP contribution >= 0.6 is 0 Å². The summed E-state index contributed by atoms with van der Waals surface area (Å²) in [5, 5.41) is 0. The molecule has 2 amide bonds. The zero-order chi connectivity index (χ0) is 17.8. The summed E-state index contributed by atoms with van der Waals surface area (Å²) in [7, 11) is 0. The van der Waals surface area contributed by atoms with Crippen molar-refractivity contribution in [3.8, 4) is 5.75 Å². The van der Waals surface area contributed by atoms with E-state index in [1.165, 1.54) is 19.3 Å². The molecule has 1 atom stereocenters. The molecule has 1 unspecified atom stereocenters. The Morgan fingerprint density at radius 3 is 2.60 bits per heavy atom. The maximum Gasteiger partial charge on any atom is 0.260 e. The predicted octanol–water partition coefficient (Wildman–Crippen LogP) is 3.26. The van der Waals surface area contributed by atoms with Crippen molar-refractivity contribution >= 4 is 17.5 Å². The highest BCUT2D eigenvalue weighted by Crippen LogP contribution is 2.37. The Bertz CT molecular complexity index is 623. The van der Waals surface area contributed by atoms with Gasteiger partial charge < -0.3 is 15.4 Å². The highest BCUT2D eigenvalue weighted by molar-refractivity contribution is 5.98. The predicted molar refractivity (Wildman–Crippen MR) is 97.4 cm³/mol. The van der Waals surface area contributed by atoms with Crippen LogP contribution < -0.4 is 15.4 Å². The van der Waals surface area contributed by atoms with E-state index in [0.717, 1.165) is 37.3 Å². The van der Waals surface area contributed by atoms with Gasteiger partial charge in [0.05, 0.1) is 12.2 Å². The summed E-state index contributed by atoms with van der Waals surface area (Å²) in [6.07, 6.45) is 7.14. The SMILES string of the molecule is CCCCC1CCC(C(=O)N2CC(C(N)=O)Oc3ccccc32)CC1. The molecule has 3 rings (SSSR count). The normalized spacial score (nSPS) is 25.8. The van der Waals surface area contributed by atoms with Gasteiger partial charge in [0.2, 0.25) is 5.91 Å². The number of benzene rings is 1. The van der Waals surface area contributed by atoms with Crippen molar-refractivity contribution in [1.29, 1.82) is 0 Å². The number of hydrogen-bond acceptors (Lipinski definition) is 3. The van der Waals surface area contributed by atoms with Crippen LogP contribution in [0.25, 0.3) is 0 Å². The largest absolute Gasteiger partial charge is 0.477 e. The highest BCUT2D eigenvalue weighted by atomic mass is 16.5. The number of carbonyl (C=O) groups is 2. The Morgan fingerprint density at radius 1 is 1.20 bits per heavy atom. The Kier molecular flexibility index (Phi) is 5.61. The van der Waals surface area contributed by atoms with E-state index in [1.807, 2.05) is 18.2 Å². The summed E-state index contributed by atoms with van der Waals surface area (Å²) >= 11 is 0. The summed E-state index contributed by atoms with van der Waals surface area (Å²) in [6.45, 7) is 2.43. The maximum atomic E-state index is 13.1. The number of unbranched alkanes of at least 4 members (excludes halogenated alkanes) is 1. The summed E-state index contributed by atoms with van der Waals surface area (Å²) in [6, 6.07) is 7.38. The van der Waals surface area contributed by atoms with Gasteiger partial charge in [-0.25, -0.2) is 0 Å². The number of primary amides is 1. The number of amides is 2. The topological polar surface area (TPSA) is 72.6 Å². The minimum atomic E-state index is -0.778. The van der Waals surface area contributed by atoms with Crippen LogP contribution in [0.5, 0.6) is 5.75 Å². The van der Waals surface area contributed by atoms with E-state index < -0.39 is 12.0 Å². The lowest BCUT2D eigenvalue weighted by atomic mass is 9.79. The molecule has 1 aromatic carbocycles. The van der Waals surface area contributed by atoms with Gasteiger partial charge in [0.15, 0.2) is 6.10 Å². The van der Waals surface area contributed by atoms with Gasteiger partial charge in [-0.1, -0.05) is 38.3 Å². The number of hydrogen-bond donors (Lipinski definition) is 1. The molecule has 1 aliphatic carbocycles. The number of nitrogens with two attached hydrogens (primary N) is 1. The lowest BCUT2D eigenvalue weighted by Gasteiger charge is -2.37. The first kappa shape index (κ1) is 17.8. The quantitative estimate of drug-likeness (QED) is 0.891. The molecule has 1 fully saturated rings. The average molecular weight is 344 g/mol. The van der Waals surface area contributed by atoms with Crippen LogP contribution in [-0.2, 0) is 9.59 Å². The second kappa shape index (κ2) is 7.89. The van der Waals surface area contributed by atoms with Crippen molar-refractivity contribution in [1.82, 2.24) is 0 Å². The van der Waals surface area contributed by atoms with E-state index in [0.29, 0.717) is 5.75 Å². The molecule has 2 N–H and O–H groups in total. The van der Waals surface area contributed by atoms with E-state index >= 15 is 0 Å². The first-order valence-electron chi connectivity index (χ1n) is 9.46. The van der Waals surface area contributed by atoms with Crippen LogP contribution in [0.15, 0.2) is 24.3 Å². The van der Waals surface area contributed by atoms with E-state index in [2.05, 4.69) is 6.92 Å². The molecule has 0 spiro atoms. The van der Waals surface area contributed by atoms with Gasteiger partial charge in [0.25, 0.3) is 5.91 Å². The second-order valence-corrected chi connectivity index (χ2v) is 7.29. The Morgan fingerprint density at radius 2 is 1.92 bits per heavy atom. The van der Waals surface area contributed by atoms with Crippen molar-refractivity contribution in [2.45, 2.75) is 58.0 Å². The number of rotatable bonds is 5. The minimum absolute atomic E-state index is 0.0394. The minimum Gasteiger partial charge on any atom is -0.477 e. The molecule has 0 aromatic heterocycles. The van der Waals surface area contributed by atoms with Crippen molar-refractivity contribution < 1.29 is 14.3 Å². The molecule has 1 heterocycles. The molecular formula is C20H28N2O3. The highest BCUT2D eigenvalue weighted by Gasteiger charge is 2.36. The van der Waals surface area contributed by atoms with Gasteiger partial charge in [0.1, 0.15) is 5.75 Å². The first-order chi connectivity index (χ1) is 12.1. The molecule has 136 valence electrons. The van der Waals surface area contributed by atoms with Crippen LogP contribution in [0, 0.1) is 11.8 Å². The van der Waals surface area contributed by atoms with Gasteiger partial charge in [0, 0.05) is 5.92 Å². The second-order valence-electron chi connectivity index (χ2n) is 7.29. The number of para-hydroxylation sites is 2. The number of anilines is 1. The Balaban J connectivity index is 1.70. The third-order valence-electron chi connectivity index (χ3n) is 5.52. The summed E-state index contributed by atoms with van der Waals surface area (Å²) in [4.78, 5) is 26.4. The van der Waals surface area contributed by atoms with Gasteiger partial charge in [-0.3, -0.25) is 9.59 Å². The molecule has 25 heavy (non-hydrogen) atoms. The molecule has 1 aliphatic heterocycles. The van der Waals surface area contributed by atoms with Crippen molar-refractivity contribution in [2.75, 3.05) is 11.4 Å². The molecular weight excluding hydrogens is 316 g/mol. The molecule has 1 saturated carbocycles. The third kappa shape index (κ3) is 3.97. The fourth-order valence-corrected chi connectivity index (χ4v) is 4.00. The lowest BCUT2D eigenvalue weighted by molar-refractivity contribution is -0.126. The van der Waals surface area contributed by atoms with Crippen molar-refractivity contribution in [3.63, 3.8) is 0 Å². The maximum absolute atomic E-state index is 13.1. The van der Waals surface area contributed by atoms with Crippen LogP contribution in [0.2, 0.25) is 0 Å². The zero-order valence-electron chi connectivity index (χ0n) is 14.9. The van der Waals surface area contributed by atoms with Crippen LogP contribution in [0.1, 0.15) is 51.9 Å². The van der Waals surface area contributed by atoms with E-state index in [-0.39, 0.29) is 18.4 Å². The number of carbonyl (C=O) groups excluding carboxylic acids is 2. The van der Waals surface area contributed by atoms with E-state index in [4.69, 9.17) is 10.5 Å². The smallest absolute Gasteiger partial charge is 0.260 e. The molecule has 1 aromatic rings. The van der Waals surface area contributed by atoms with E-state index in [1.54, 1.807) is 11.0 Å². The van der Waals surface area contributed by atoms with E-state index in [9.17, 15) is 9.59 Å². The molecule has 0 bridgehead atoms. The zero-order valence-corrected chi connectivity index (χ0v) is 14.9. The fraction of sp³-hybridized carbons (Fsp3) is 0.600. The number of fused-ring (bicyclic) bond motifs is 1. The van der Waals surface area contributed by atoms with Crippen LogP contribution in [0.3, 0.4) is 0 Å². The van der Waals surface area contributed by atoms with Gasteiger partial charge in [-0.05, 0) is 43.7 Å². The number of ether oxygens (including phenoxy) is 1. The molecule has 5 nitrogen and oxygen atoms in total. The van der Waals surface area contributed by atoms with Crippen LogP contribution in [0.4, 0.5) is 5.69 Å². The lowest BCUT2D eigenvalue weighted by Crippen LogP contribution is -2.51. The first-order valence-corrected chi connectivity index (χ1v) is 9.46. The number of nitrogens with zero attached hydrogens (tertiary/aromatic N) is 1. The van der Waals surface area contributed by atoms with Crippen molar-refractivity contribution in [2.24, 2.45) is 17.6 Å². The standard InChI is InChI=1S/C20H28N2O3/c1-2-3-6-14-9-11-15(12-10-14)20(24)22-13-18(19(21)23)25-17-8-5-4-7-16(17)22/h4-5,7-8,14-15,18H,2-3,6,9-13H2,1H3,(H2,21,23). The van der Waals surface area contributed by atoms with Gasteiger partial charge in [-0.2, -0.15) is 0 Å². The fourth-order valence-electron chi connectivity index (χ4n) is 4.00. The third-order valence-corrected chi connectivity index (χ3v) is 5.52. The Labute approximate surface area is 149 Å². The summed E-state index contributed by atoms with van der Waals surface area (Å²) in [5.74, 6) is 0.936. The molecule has 5 heteroatoms. The summed E-state index contributed by atoms with van der Waals surface area (Å²) < 4.78 is 5.65. The molecule has 0 saturated heterocycles. The molecule has 2 aliphatic rings. The van der Waals surface area contributed by atoms with Gasteiger partial charge in [-0.15, -0.1) is 0 Å². The van der Waals surface area contributed by atoms with Crippen LogP contribution in [-0.4, -0.2) is 24.5 Å². The summed E-state index contributed by atoms with van der Waals surface area (Å²) in [5.41, 5.74) is 6.18. The monoisotopic (exact) mass is 344 g/mol. The van der Waals surface area contributed by atoms with Crippen molar-refractivity contribution in [3.05, 3.63) is 24.3 Å².